The summed E-state index contributed by atoms with van der Waals surface area (Å²) in [4.78, 5) is 13.1. The highest BCUT2D eigenvalue weighted by atomic mass is 16.1. The molecule has 0 amide bonds. The van der Waals surface area contributed by atoms with E-state index in [4.69, 9.17) is 0 Å². The van der Waals surface area contributed by atoms with Gasteiger partial charge in [-0.25, -0.2) is 0 Å². The van der Waals surface area contributed by atoms with Crippen LogP contribution in [0.2, 0.25) is 0 Å². The molecule has 1 unspecified atom stereocenters. The van der Waals surface area contributed by atoms with E-state index in [0.717, 1.165) is 18.3 Å². The van der Waals surface area contributed by atoms with E-state index < -0.39 is 0 Å². The third-order valence-corrected chi connectivity index (χ3v) is 3.30. The number of unbranched alkanes of at least 4 members (excludes halogenated alkanes) is 2. The molecule has 2 nitrogen and oxygen atoms in total. The van der Waals surface area contributed by atoms with Gasteiger partial charge in [0, 0.05) is 17.5 Å². The highest BCUT2D eigenvalue weighted by Crippen LogP contribution is 2.23. The van der Waals surface area contributed by atoms with Crippen molar-refractivity contribution in [2.45, 2.75) is 53.0 Å². The van der Waals surface area contributed by atoms with Crippen LogP contribution in [0.3, 0.4) is 0 Å². The van der Waals surface area contributed by atoms with Gasteiger partial charge in [-0.1, -0.05) is 31.4 Å². The van der Waals surface area contributed by atoms with Gasteiger partial charge in [-0.3, -0.25) is 4.79 Å². The number of rotatable bonds is 5. The minimum atomic E-state index is 0.344. The average Bonchev–Trinajstić information content (AvgIpc) is 2.32. The number of aldehydes is 1. The number of hydrogen-bond acceptors (Lipinski definition) is 2. The van der Waals surface area contributed by atoms with Gasteiger partial charge in [-0.2, -0.15) is 0 Å². The molecule has 0 saturated carbocycles. The second-order valence-corrected chi connectivity index (χ2v) is 4.71. The van der Waals surface area contributed by atoms with Crippen LogP contribution < -0.4 is 0 Å². The Kier molecular flexibility index (Phi) is 5.20. The fourth-order valence-corrected chi connectivity index (χ4v) is 2.00. The molecule has 0 aromatic heterocycles. The number of allylic oxidation sites excluding steroid dienone is 4. The lowest BCUT2D eigenvalue weighted by Gasteiger charge is -2.32. The minimum Gasteiger partial charge on any atom is -0.345 e. The molecule has 0 aliphatic carbocycles. The molecule has 1 rings (SSSR count). The molecule has 0 bridgehead atoms. The van der Waals surface area contributed by atoms with Gasteiger partial charge in [0.2, 0.25) is 0 Å². The van der Waals surface area contributed by atoms with Gasteiger partial charge < -0.3 is 4.90 Å². The number of carbonyl (C=O) groups excluding carboxylic acids is 1. The lowest BCUT2D eigenvalue weighted by molar-refractivity contribution is -0.104. The van der Waals surface area contributed by atoms with Crippen molar-refractivity contribution >= 4 is 6.29 Å². The summed E-state index contributed by atoms with van der Waals surface area (Å²) in [6.45, 7) is 8.56. The normalized spacial score (nSPS) is 21.1. The third kappa shape index (κ3) is 3.58. The van der Waals surface area contributed by atoms with Crippen molar-refractivity contribution in [3.8, 4) is 0 Å². The fourth-order valence-electron chi connectivity index (χ4n) is 2.00. The molecule has 1 heterocycles. The van der Waals surface area contributed by atoms with Crippen molar-refractivity contribution in [1.29, 1.82) is 0 Å². The molecule has 17 heavy (non-hydrogen) atoms. The predicted octanol–water partition coefficient (Wildman–Crippen LogP) is 3.81. The zero-order valence-corrected chi connectivity index (χ0v) is 11.4. The molecule has 94 valence electrons. The summed E-state index contributed by atoms with van der Waals surface area (Å²) in [5.41, 5.74) is 3.22. The molecule has 0 saturated heterocycles. The molecule has 0 aromatic carbocycles. The van der Waals surface area contributed by atoms with E-state index in [0.29, 0.717) is 6.04 Å². The summed E-state index contributed by atoms with van der Waals surface area (Å²) in [7, 11) is 0. The van der Waals surface area contributed by atoms with Crippen molar-refractivity contribution in [2.75, 3.05) is 0 Å². The lowest BCUT2D eigenvalue weighted by Crippen LogP contribution is -2.30. The minimum absolute atomic E-state index is 0.344. The van der Waals surface area contributed by atoms with E-state index in [-0.39, 0.29) is 0 Å². The first-order valence-electron chi connectivity index (χ1n) is 6.40. The Morgan fingerprint density at radius 1 is 1.53 bits per heavy atom. The van der Waals surface area contributed by atoms with Gasteiger partial charge in [0.25, 0.3) is 0 Å². The van der Waals surface area contributed by atoms with Crippen LogP contribution in [0.15, 0.2) is 35.2 Å². The van der Waals surface area contributed by atoms with Crippen LogP contribution >= 0.6 is 0 Å². The van der Waals surface area contributed by atoms with E-state index >= 15 is 0 Å². The summed E-state index contributed by atoms with van der Waals surface area (Å²) >= 11 is 0. The summed E-state index contributed by atoms with van der Waals surface area (Å²) in [6, 6.07) is 0.344. The Labute approximate surface area is 105 Å². The summed E-state index contributed by atoms with van der Waals surface area (Å²) in [5.74, 6) is 0. The Hall–Kier alpha value is -1.31. The maximum absolute atomic E-state index is 10.9. The highest BCUT2D eigenvalue weighted by molar-refractivity contribution is 5.78. The second kappa shape index (κ2) is 6.43. The van der Waals surface area contributed by atoms with Gasteiger partial charge >= 0.3 is 0 Å². The Balaban J connectivity index is 2.82. The van der Waals surface area contributed by atoms with Gasteiger partial charge in [0.1, 0.15) is 0 Å². The van der Waals surface area contributed by atoms with Crippen LogP contribution in [0, 0.1) is 0 Å². The number of carbonyl (C=O) groups is 1. The quantitative estimate of drug-likeness (QED) is 0.531. The molecule has 0 radical (unpaired) electrons. The first-order chi connectivity index (χ1) is 8.10. The van der Waals surface area contributed by atoms with Crippen molar-refractivity contribution < 1.29 is 4.79 Å². The molecule has 1 aliphatic rings. The van der Waals surface area contributed by atoms with E-state index in [1.807, 2.05) is 12.3 Å². The SMILES string of the molecule is CCCC/C=C(/C)N1C=C(C=O)C=C(C)C1C. The van der Waals surface area contributed by atoms with Crippen LogP contribution in [0.25, 0.3) is 0 Å². The lowest BCUT2D eigenvalue weighted by atomic mass is 10.0. The third-order valence-electron chi connectivity index (χ3n) is 3.30. The number of hydrogen-bond donors (Lipinski definition) is 0. The van der Waals surface area contributed by atoms with Crippen molar-refractivity contribution in [3.63, 3.8) is 0 Å². The van der Waals surface area contributed by atoms with E-state index in [2.05, 4.69) is 38.7 Å². The average molecular weight is 233 g/mol. The van der Waals surface area contributed by atoms with Crippen LogP contribution in [-0.4, -0.2) is 17.2 Å². The Morgan fingerprint density at radius 2 is 2.24 bits per heavy atom. The fraction of sp³-hybridized carbons (Fsp3) is 0.533. The van der Waals surface area contributed by atoms with E-state index in [1.165, 1.54) is 24.1 Å². The summed E-state index contributed by atoms with van der Waals surface area (Å²) < 4.78 is 0. The smallest absolute Gasteiger partial charge is 0.151 e. The van der Waals surface area contributed by atoms with E-state index in [1.54, 1.807) is 0 Å². The Bertz CT molecular complexity index is 363. The van der Waals surface area contributed by atoms with Crippen LogP contribution in [0.1, 0.15) is 47.0 Å². The topological polar surface area (TPSA) is 20.3 Å². The molecule has 0 spiro atoms. The van der Waals surface area contributed by atoms with Crippen LogP contribution in [-0.2, 0) is 4.79 Å². The molecule has 1 aliphatic heterocycles. The standard InChI is InChI=1S/C15H23NO/c1-5-6-7-8-13(3)16-10-15(11-17)9-12(2)14(16)4/h8-11,14H,5-7H2,1-4H3/b13-8-. The first-order valence-corrected chi connectivity index (χ1v) is 6.40. The van der Waals surface area contributed by atoms with Gasteiger partial charge in [-0.15, -0.1) is 0 Å². The molecular formula is C15H23NO. The van der Waals surface area contributed by atoms with E-state index in [9.17, 15) is 4.79 Å². The molecular weight excluding hydrogens is 210 g/mol. The predicted molar refractivity (Wildman–Crippen MR) is 72.5 cm³/mol. The molecule has 0 fully saturated rings. The van der Waals surface area contributed by atoms with Crippen LogP contribution in [0.5, 0.6) is 0 Å². The van der Waals surface area contributed by atoms with Crippen molar-refractivity contribution in [1.82, 2.24) is 4.90 Å². The molecule has 2 heteroatoms. The Morgan fingerprint density at radius 3 is 2.82 bits per heavy atom. The number of nitrogens with zero attached hydrogens (tertiary/aromatic N) is 1. The first kappa shape index (κ1) is 13.8. The second-order valence-electron chi connectivity index (χ2n) is 4.71. The van der Waals surface area contributed by atoms with Crippen molar-refractivity contribution in [3.05, 3.63) is 35.2 Å². The zero-order chi connectivity index (χ0) is 12.8. The van der Waals surface area contributed by atoms with Crippen molar-refractivity contribution in [2.24, 2.45) is 0 Å². The van der Waals surface area contributed by atoms with Gasteiger partial charge in [0.05, 0.1) is 6.04 Å². The monoisotopic (exact) mass is 233 g/mol. The molecule has 0 aromatic rings. The maximum Gasteiger partial charge on any atom is 0.151 e. The van der Waals surface area contributed by atoms with Gasteiger partial charge in [0.15, 0.2) is 6.29 Å². The zero-order valence-electron chi connectivity index (χ0n) is 11.4. The molecule has 0 N–H and O–H groups in total. The summed E-state index contributed by atoms with van der Waals surface area (Å²) in [5, 5.41) is 0. The molecule has 1 atom stereocenters. The largest absolute Gasteiger partial charge is 0.345 e. The van der Waals surface area contributed by atoms with Gasteiger partial charge in [-0.05, 0) is 33.3 Å². The highest BCUT2D eigenvalue weighted by Gasteiger charge is 2.18. The van der Waals surface area contributed by atoms with Crippen LogP contribution in [0.4, 0.5) is 0 Å². The maximum atomic E-state index is 10.9. The summed E-state index contributed by atoms with van der Waals surface area (Å²) in [6.07, 6.45) is 10.6.